The molecule has 2 aromatic carbocycles. The molecule has 11 nitrogen and oxygen atoms in total. The number of rotatable bonds is 13. The summed E-state index contributed by atoms with van der Waals surface area (Å²) < 4.78 is 15.4. The van der Waals surface area contributed by atoms with Crippen molar-refractivity contribution in [2.45, 2.75) is 64.3 Å². The number of aliphatic carboxylic acids is 1. The Bertz CT molecular complexity index is 1180. The normalized spacial score (nSPS) is 12.4. The first-order valence-corrected chi connectivity index (χ1v) is 13.8. The van der Waals surface area contributed by atoms with Crippen LogP contribution < -0.4 is 5.32 Å². The van der Waals surface area contributed by atoms with E-state index in [0.29, 0.717) is 12.8 Å². The third-order valence-corrected chi connectivity index (χ3v) is 6.64. The van der Waals surface area contributed by atoms with Gasteiger partial charge in [0, 0.05) is 12.3 Å². The minimum Gasteiger partial charge on any atom is -0.480 e. The number of carboxylic acids is 1. The highest BCUT2D eigenvalue weighted by atomic mass is 16.6. The predicted octanol–water partition coefficient (Wildman–Crippen LogP) is 5.46. The molecule has 0 spiro atoms. The van der Waals surface area contributed by atoms with E-state index in [0.717, 1.165) is 35.1 Å². The van der Waals surface area contributed by atoms with Crippen molar-refractivity contribution in [3.63, 3.8) is 0 Å². The van der Waals surface area contributed by atoms with Crippen molar-refractivity contribution in [1.82, 2.24) is 10.2 Å². The van der Waals surface area contributed by atoms with Gasteiger partial charge in [-0.2, -0.15) is 0 Å². The van der Waals surface area contributed by atoms with Gasteiger partial charge in [-0.1, -0.05) is 75.2 Å². The van der Waals surface area contributed by atoms with Crippen LogP contribution in [0.25, 0.3) is 11.1 Å². The van der Waals surface area contributed by atoms with Gasteiger partial charge in [0.25, 0.3) is 0 Å². The molecule has 0 bridgehead atoms. The lowest BCUT2D eigenvalue weighted by Gasteiger charge is -2.20. The number of carbonyl (C=O) groups is 5. The van der Waals surface area contributed by atoms with Crippen LogP contribution in [0.5, 0.6) is 0 Å². The first kappa shape index (κ1) is 31.1. The van der Waals surface area contributed by atoms with E-state index in [4.69, 9.17) is 14.2 Å². The van der Waals surface area contributed by atoms with Crippen LogP contribution in [0, 0.1) is 0 Å². The summed E-state index contributed by atoms with van der Waals surface area (Å²) >= 11 is 0. The van der Waals surface area contributed by atoms with E-state index in [1.165, 1.54) is 0 Å². The molecule has 2 N–H and O–H groups in total. The van der Waals surface area contributed by atoms with Crippen molar-refractivity contribution in [2.75, 3.05) is 19.8 Å². The van der Waals surface area contributed by atoms with Crippen LogP contribution in [0.15, 0.2) is 48.5 Å². The molecular weight excluding hydrogens is 532 g/mol. The average Bonchev–Trinajstić information content (AvgIpc) is 3.28. The Morgan fingerprint density at radius 2 is 1.34 bits per heavy atom. The number of nitrogens with zero attached hydrogens (tertiary/aromatic N) is 1. The third-order valence-electron chi connectivity index (χ3n) is 6.64. The molecule has 0 fully saturated rings. The maximum atomic E-state index is 12.8. The summed E-state index contributed by atoms with van der Waals surface area (Å²) in [5.41, 5.74) is 4.09. The number of fused-ring (bicyclic) bond motifs is 3. The second-order valence-electron chi connectivity index (χ2n) is 9.56. The molecular formula is C30H36N2O9. The third kappa shape index (κ3) is 8.29. The zero-order chi connectivity index (χ0) is 29.8. The fraction of sp³-hybridized carbons (Fsp3) is 0.433. The molecule has 0 aliphatic heterocycles. The summed E-state index contributed by atoms with van der Waals surface area (Å²) in [4.78, 5) is 62.4. The van der Waals surface area contributed by atoms with Crippen LogP contribution in [-0.2, 0) is 23.8 Å². The highest BCUT2D eigenvalue weighted by Crippen LogP contribution is 2.44. The molecule has 11 heteroatoms. The van der Waals surface area contributed by atoms with E-state index in [9.17, 15) is 29.1 Å². The number of amides is 4. The van der Waals surface area contributed by atoms with E-state index in [2.05, 4.69) is 5.32 Å². The van der Waals surface area contributed by atoms with E-state index in [1.807, 2.05) is 62.4 Å². The lowest BCUT2D eigenvalue weighted by molar-refractivity contribution is -0.139. The van der Waals surface area contributed by atoms with Crippen molar-refractivity contribution in [3.05, 3.63) is 59.7 Å². The van der Waals surface area contributed by atoms with Crippen LogP contribution in [0.1, 0.15) is 69.4 Å². The smallest absolute Gasteiger partial charge is 0.426 e. The molecule has 4 amide bonds. The highest BCUT2D eigenvalue weighted by Gasteiger charge is 2.33. The first-order valence-electron chi connectivity index (χ1n) is 13.8. The monoisotopic (exact) mass is 568 g/mol. The van der Waals surface area contributed by atoms with Gasteiger partial charge in [0.2, 0.25) is 5.91 Å². The Labute approximate surface area is 238 Å². The number of alkyl carbamates (subject to hydrolysis) is 1. The summed E-state index contributed by atoms with van der Waals surface area (Å²) in [5, 5.41) is 11.9. The molecule has 41 heavy (non-hydrogen) atoms. The number of imide groups is 3. The maximum absolute atomic E-state index is 12.8. The SMILES string of the molecule is CCCCOC(=O)N(C(=O)CC[C@H](NC(=O)OCC1c2ccccc2-c2ccccc21)C(=O)O)C(=O)OCCCC. The quantitative estimate of drug-likeness (QED) is 0.237. The molecule has 0 aromatic heterocycles. The number of benzene rings is 2. The molecule has 0 saturated heterocycles. The number of nitrogens with one attached hydrogen (secondary N) is 1. The fourth-order valence-electron chi connectivity index (χ4n) is 4.43. The second-order valence-corrected chi connectivity index (χ2v) is 9.56. The molecule has 220 valence electrons. The topological polar surface area (TPSA) is 149 Å². The lowest BCUT2D eigenvalue weighted by atomic mass is 9.98. The Hall–Kier alpha value is -4.41. The number of ether oxygens (including phenoxy) is 3. The maximum Gasteiger partial charge on any atom is 0.426 e. The van der Waals surface area contributed by atoms with Crippen LogP contribution >= 0.6 is 0 Å². The molecule has 1 aliphatic carbocycles. The first-order chi connectivity index (χ1) is 19.8. The fourth-order valence-corrected chi connectivity index (χ4v) is 4.43. The van der Waals surface area contributed by atoms with Crippen molar-refractivity contribution in [3.8, 4) is 11.1 Å². The molecule has 0 unspecified atom stereocenters. The van der Waals surface area contributed by atoms with E-state index in [-0.39, 0.29) is 30.6 Å². The van der Waals surface area contributed by atoms with Crippen molar-refractivity contribution in [1.29, 1.82) is 0 Å². The van der Waals surface area contributed by atoms with Gasteiger partial charge in [-0.3, -0.25) is 4.79 Å². The average molecular weight is 569 g/mol. The van der Waals surface area contributed by atoms with Crippen molar-refractivity contribution in [2.24, 2.45) is 0 Å². The van der Waals surface area contributed by atoms with Gasteiger partial charge < -0.3 is 24.6 Å². The summed E-state index contributed by atoms with van der Waals surface area (Å²) in [7, 11) is 0. The van der Waals surface area contributed by atoms with Gasteiger partial charge >= 0.3 is 24.2 Å². The van der Waals surface area contributed by atoms with Crippen molar-refractivity contribution < 1.29 is 43.3 Å². The molecule has 0 radical (unpaired) electrons. The van der Waals surface area contributed by atoms with Gasteiger partial charge in [-0.05, 0) is 41.5 Å². The van der Waals surface area contributed by atoms with Crippen LogP contribution in [0.3, 0.4) is 0 Å². The van der Waals surface area contributed by atoms with Crippen LogP contribution in [-0.4, -0.2) is 66.0 Å². The van der Waals surface area contributed by atoms with Gasteiger partial charge in [0.05, 0.1) is 13.2 Å². The number of unbranched alkanes of at least 4 members (excludes halogenated alkanes) is 2. The standard InChI is InChI=1S/C30H36N2O9/c1-3-5-17-39-29(37)32(30(38)40-18-6-4-2)26(33)16-15-25(27(34)35)31-28(36)41-19-24-22-13-9-7-11-20(22)21-12-8-10-14-23(21)24/h7-14,24-25H,3-6,15-19H2,1-2H3,(H,31,36)(H,34,35)/t25-/m0/s1. The molecule has 1 aliphatic rings. The summed E-state index contributed by atoms with van der Waals surface area (Å²) in [5.74, 6) is -2.63. The summed E-state index contributed by atoms with van der Waals surface area (Å²) in [6, 6.07) is 14.1. The Kier molecular flexibility index (Phi) is 11.7. The van der Waals surface area contributed by atoms with Gasteiger partial charge in [0.1, 0.15) is 12.6 Å². The molecule has 0 heterocycles. The summed E-state index contributed by atoms with van der Waals surface area (Å²) in [6.45, 7) is 3.74. The predicted molar refractivity (Wildman–Crippen MR) is 148 cm³/mol. The highest BCUT2D eigenvalue weighted by molar-refractivity contribution is 6.06. The number of hydrogen-bond donors (Lipinski definition) is 2. The van der Waals surface area contributed by atoms with Crippen molar-refractivity contribution >= 4 is 30.2 Å². The largest absolute Gasteiger partial charge is 0.480 e. The number of hydrogen-bond acceptors (Lipinski definition) is 8. The van der Waals surface area contributed by atoms with E-state index in [1.54, 1.807) is 0 Å². The van der Waals surface area contributed by atoms with Crippen LogP contribution in [0.2, 0.25) is 0 Å². The molecule has 2 aromatic rings. The summed E-state index contributed by atoms with van der Waals surface area (Å²) in [6.07, 6.45) is -1.79. The van der Waals surface area contributed by atoms with Gasteiger partial charge in [-0.25, -0.2) is 19.2 Å². The Morgan fingerprint density at radius 3 is 1.83 bits per heavy atom. The minimum atomic E-state index is -1.51. The second kappa shape index (κ2) is 15.4. The Morgan fingerprint density at radius 1 is 0.829 bits per heavy atom. The lowest BCUT2D eigenvalue weighted by Crippen LogP contribution is -2.45. The van der Waals surface area contributed by atoms with E-state index >= 15 is 0 Å². The molecule has 3 rings (SSSR count). The number of carbonyl (C=O) groups excluding carboxylic acids is 4. The Balaban J connectivity index is 1.59. The van der Waals surface area contributed by atoms with Crippen LogP contribution in [0.4, 0.5) is 14.4 Å². The van der Waals surface area contributed by atoms with E-state index < -0.39 is 49.0 Å². The van der Waals surface area contributed by atoms with Gasteiger partial charge in [-0.15, -0.1) is 4.90 Å². The molecule has 0 saturated carbocycles. The zero-order valence-electron chi connectivity index (χ0n) is 23.3. The van der Waals surface area contributed by atoms with Gasteiger partial charge in [0.15, 0.2) is 0 Å². The number of carboxylic acid groups (broad SMARTS) is 1. The minimum absolute atomic E-state index is 0.00242. The zero-order valence-corrected chi connectivity index (χ0v) is 23.3. The molecule has 1 atom stereocenters.